The van der Waals surface area contributed by atoms with E-state index < -0.39 is 0 Å². The zero-order valence-electron chi connectivity index (χ0n) is 13.4. The molecule has 0 spiro atoms. The Kier molecular flexibility index (Phi) is 5.72. The van der Waals surface area contributed by atoms with E-state index in [4.69, 9.17) is 11.6 Å². The Morgan fingerprint density at radius 2 is 1.92 bits per heavy atom. The van der Waals surface area contributed by atoms with Crippen LogP contribution in [0.25, 0.3) is 17.5 Å². The van der Waals surface area contributed by atoms with Crippen molar-refractivity contribution in [2.75, 3.05) is 5.75 Å². The lowest BCUT2D eigenvalue weighted by atomic mass is 10.2. The van der Waals surface area contributed by atoms with Crippen LogP contribution in [0.15, 0.2) is 65.8 Å². The van der Waals surface area contributed by atoms with E-state index in [-0.39, 0.29) is 0 Å². The smallest absolute Gasteiger partial charge is 0.191 e. The van der Waals surface area contributed by atoms with Crippen LogP contribution in [-0.4, -0.2) is 20.5 Å². The lowest BCUT2D eigenvalue weighted by Gasteiger charge is -2.06. The molecule has 0 fully saturated rings. The summed E-state index contributed by atoms with van der Waals surface area (Å²) in [5.41, 5.74) is 2.19. The summed E-state index contributed by atoms with van der Waals surface area (Å²) in [7, 11) is 0. The standard InChI is InChI=1S/C19H18ClN3S/c1-2-23-18(16-11-6-12-17(20)14-16)21-22-19(23)24-13-7-10-15-8-4-3-5-9-15/h3-12,14H,2,13H2,1H3/b10-7+. The number of hydrogen-bond acceptors (Lipinski definition) is 3. The highest BCUT2D eigenvalue weighted by atomic mass is 35.5. The number of benzene rings is 2. The van der Waals surface area contributed by atoms with Crippen molar-refractivity contribution < 1.29 is 0 Å². The number of rotatable bonds is 6. The van der Waals surface area contributed by atoms with Crippen molar-refractivity contribution in [2.45, 2.75) is 18.6 Å². The van der Waals surface area contributed by atoms with Crippen molar-refractivity contribution in [3.8, 4) is 11.4 Å². The Morgan fingerprint density at radius 3 is 2.67 bits per heavy atom. The van der Waals surface area contributed by atoms with Crippen LogP contribution >= 0.6 is 23.4 Å². The predicted octanol–water partition coefficient (Wildman–Crippen LogP) is 5.42. The summed E-state index contributed by atoms with van der Waals surface area (Å²) < 4.78 is 2.12. The summed E-state index contributed by atoms with van der Waals surface area (Å²) in [5, 5.41) is 10.3. The second-order valence-corrected chi connectivity index (χ2v) is 6.61. The predicted molar refractivity (Wildman–Crippen MR) is 102 cm³/mol. The number of halogens is 1. The summed E-state index contributed by atoms with van der Waals surface area (Å²) in [6.45, 7) is 2.92. The first-order valence-electron chi connectivity index (χ1n) is 7.81. The van der Waals surface area contributed by atoms with E-state index in [9.17, 15) is 0 Å². The van der Waals surface area contributed by atoms with Crippen molar-refractivity contribution in [1.82, 2.24) is 14.8 Å². The highest BCUT2D eigenvalue weighted by Gasteiger charge is 2.12. The van der Waals surface area contributed by atoms with Crippen molar-refractivity contribution >= 4 is 29.4 Å². The Labute approximate surface area is 151 Å². The second kappa shape index (κ2) is 8.18. The largest absolute Gasteiger partial charge is 0.302 e. The molecule has 1 heterocycles. The van der Waals surface area contributed by atoms with Gasteiger partial charge in [0, 0.05) is 22.9 Å². The van der Waals surface area contributed by atoms with Crippen LogP contribution in [0.4, 0.5) is 0 Å². The third kappa shape index (κ3) is 4.08. The molecule has 122 valence electrons. The highest BCUT2D eigenvalue weighted by Crippen LogP contribution is 2.25. The van der Waals surface area contributed by atoms with Crippen molar-refractivity contribution in [3.63, 3.8) is 0 Å². The van der Waals surface area contributed by atoms with Gasteiger partial charge in [-0.25, -0.2) is 0 Å². The molecule has 1 aromatic heterocycles. The van der Waals surface area contributed by atoms with Crippen LogP contribution < -0.4 is 0 Å². The zero-order chi connectivity index (χ0) is 16.8. The van der Waals surface area contributed by atoms with Gasteiger partial charge in [0.25, 0.3) is 0 Å². The van der Waals surface area contributed by atoms with Crippen molar-refractivity contribution in [1.29, 1.82) is 0 Å². The van der Waals surface area contributed by atoms with Gasteiger partial charge in [0.1, 0.15) is 0 Å². The maximum Gasteiger partial charge on any atom is 0.191 e. The van der Waals surface area contributed by atoms with Gasteiger partial charge < -0.3 is 4.57 Å². The fraction of sp³-hybridized carbons (Fsp3) is 0.158. The molecule has 0 saturated heterocycles. The number of thioether (sulfide) groups is 1. The molecule has 0 aliphatic rings. The summed E-state index contributed by atoms with van der Waals surface area (Å²) in [6, 6.07) is 18.0. The third-order valence-corrected chi connectivity index (χ3v) is 4.69. The first-order valence-corrected chi connectivity index (χ1v) is 9.18. The average molecular weight is 356 g/mol. The molecule has 0 atom stereocenters. The molecule has 3 nitrogen and oxygen atoms in total. The maximum absolute atomic E-state index is 6.09. The van der Waals surface area contributed by atoms with Gasteiger partial charge in [0.05, 0.1) is 0 Å². The van der Waals surface area contributed by atoms with Gasteiger partial charge in [-0.3, -0.25) is 0 Å². The Hall–Kier alpha value is -2.04. The summed E-state index contributed by atoms with van der Waals surface area (Å²) in [4.78, 5) is 0. The van der Waals surface area contributed by atoms with Gasteiger partial charge in [-0.2, -0.15) is 0 Å². The van der Waals surface area contributed by atoms with Crippen LogP contribution in [0, 0.1) is 0 Å². The molecule has 0 amide bonds. The minimum atomic E-state index is 0.707. The van der Waals surface area contributed by atoms with E-state index in [1.165, 1.54) is 5.56 Å². The van der Waals surface area contributed by atoms with Crippen LogP contribution in [-0.2, 0) is 6.54 Å². The second-order valence-electron chi connectivity index (χ2n) is 5.18. The molecule has 0 N–H and O–H groups in total. The van der Waals surface area contributed by atoms with Crippen LogP contribution in [0.3, 0.4) is 0 Å². The summed E-state index contributed by atoms with van der Waals surface area (Å²) in [6.07, 6.45) is 4.27. The first kappa shape index (κ1) is 16.8. The minimum Gasteiger partial charge on any atom is -0.302 e. The highest BCUT2D eigenvalue weighted by molar-refractivity contribution is 7.99. The molecule has 0 aliphatic heterocycles. The lowest BCUT2D eigenvalue weighted by Crippen LogP contribution is -1.99. The zero-order valence-corrected chi connectivity index (χ0v) is 15.0. The molecule has 0 unspecified atom stereocenters. The normalized spacial score (nSPS) is 11.2. The van der Waals surface area contributed by atoms with Gasteiger partial charge in [-0.05, 0) is 24.6 Å². The van der Waals surface area contributed by atoms with Gasteiger partial charge >= 0.3 is 0 Å². The van der Waals surface area contributed by atoms with Crippen molar-refractivity contribution in [2.24, 2.45) is 0 Å². The fourth-order valence-corrected chi connectivity index (χ4v) is 3.39. The molecule has 0 bridgehead atoms. The molecule has 0 saturated carbocycles. The molecule has 5 heteroatoms. The maximum atomic E-state index is 6.09. The SMILES string of the molecule is CCn1c(SC/C=C/c2ccccc2)nnc1-c1cccc(Cl)c1. The van der Waals surface area contributed by atoms with Crippen LogP contribution in [0.1, 0.15) is 12.5 Å². The minimum absolute atomic E-state index is 0.707. The molecule has 0 aliphatic carbocycles. The summed E-state index contributed by atoms with van der Waals surface area (Å²) in [5.74, 6) is 1.71. The Bertz CT molecular complexity index is 828. The van der Waals surface area contributed by atoms with E-state index in [0.29, 0.717) is 5.02 Å². The monoisotopic (exact) mass is 355 g/mol. The molecule has 3 rings (SSSR count). The molecule has 2 aromatic carbocycles. The van der Waals surface area contributed by atoms with Gasteiger partial charge in [0.2, 0.25) is 0 Å². The lowest BCUT2D eigenvalue weighted by molar-refractivity contribution is 0.688. The fourth-order valence-electron chi connectivity index (χ4n) is 2.39. The number of aromatic nitrogens is 3. The van der Waals surface area contributed by atoms with Gasteiger partial charge in [-0.15, -0.1) is 10.2 Å². The quantitative estimate of drug-likeness (QED) is 0.553. The van der Waals surface area contributed by atoms with E-state index in [1.54, 1.807) is 11.8 Å². The van der Waals surface area contributed by atoms with Gasteiger partial charge in [0.15, 0.2) is 11.0 Å². The Balaban J connectivity index is 1.72. The first-order chi connectivity index (χ1) is 11.8. The molecule has 3 aromatic rings. The van der Waals surface area contributed by atoms with E-state index >= 15 is 0 Å². The van der Waals surface area contributed by atoms with Gasteiger partial charge in [-0.1, -0.05) is 78.0 Å². The number of nitrogens with zero attached hydrogens (tertiary/aromatic N) is 3. The molecular formula is C19H18ClN3S. The van der Waals surface area contributed by atoms with E-state index in [2.05, 4.69) is 46.0 Å². The Morgan fingerprint density at radius 1 is 1.08 bits per heavy atom. The van der Waals surface area contributed by atoms with Crippen LogP contribution in [0.5, 0.6) is 0 Å². The number of hydrogen-bond donors (Lipinski definition) is 0. The van der Waals surface area contributed by atoms with E-state index in [1.807, 2.05) is 42.5 Å². The van der Waals surface area contributed by atoms with Crippen LogP contribution in [0.2, 0.25) is 5.02 Å². The average Bonchev–Trinajstić information content (AvgIpc) is 3.02. The topological polar surface area (TPSA) is 30.7 Å². The molecular weight excluding hydrogens is 338 g/mol. The summed E-state index contributed by atoms with van der Waals surface area (Å²) >= 11 is 7.77. The molecule has 24 heavy (non-hydrogen) atoms. The van der Waals surface area contributed by atoms with E-state index in [0.717, 1.165) is 28.8 Å². The third-order valence-electron chi connectivity index (χ3n) is 3.53. The van der Waals surface area contributed by atoms with Crippen molar-refractivity contribution in [3.05, 3.63) is 71.3 Å². The molecule has 0 radical (unpaired) electrons.